The first kappa shape index (κ1) is 15.0. The fourth-order valence-corrected chi connectivity index (χ4v) is 2.33. The van der Waals surface area contributed by atoms with Crippen LogP contribution in [0.25, 0.3) is 0 Å². The van der Waals surface area contributed by atoms with Gasteiger partial charge in [0.15, 0.2) is 0 Å². The van der Waals surface area contributed by atoms with Crippen molar-refractivity contribution in [3.63, 3.8) is 0 Å². The Morgan fingerprint density at radius 3 is 2.83 bits per heavy atom. The standard InChI is InChI=1S/C13H24N2O3/c1-3-18-13(17)11-7-4-5-9-15(11)10-6-8-12(16)14-2/h11H,3-10H2,1-2H3,(H,14,16). The van der Waals surface area contributed by atoms with Gasteiger partial charge in [0, 0.05) is 13.5 Å². The average Bonchev–Trinajstić information content (AvgIpc) is 2.39. The Morgan fingerprint density at radius 2 is 2.17 bits per heavy atom. The van der Waals surface area contributed by atoms with Crippen LogP contribution in [0.15, 0.2) is 0 Å². The molecule has 0 radical (unpaired) electrons. The van der Waals surface area contributed by atoms with Crippen LogP contribution >= 0.6 is 0 Å². The first-order valence-corrected chi connectivity index (χ1v) is 6.80. The van der Waals surface area contributed by atoms with E-state index in [1.54, 1.807) is 7.05 Å². The number of esters is 1. The van der Waals surface area contributed by atoms with Crippen molar-refractivity contribution in [1.82, 2.24) is 10.2 Å². The monoisotopic (exact) mass is 256 g/mol. The van der Waals surface area contributed by atoms with Crippen LogP contribution in [0.1, 0.15) is 39.0 Å². The van der Waals surface area contributed by atoms with Crippen molar-refractivity contribution in [2.75, 3.05) is 26.7 Å². The maximum absolute atomic E-state index is 11.8. The van der Waals surface area contributed by atoms with Crippen molar-refractivity contribution in [1.29, 1.82) is 0 Å². The van der Waals surface area contributed by atoms with Gasteiger partial charge in [-0.1, -0.05) is 6.42 Å². The number of nitrogens with one attached hydrogen (secondary N) is 1. The lowest BCUT2D eigenvalue weighted by Crippen LogP contribution is -2.46. The Hall–Kier alpha value is -1.10. The molecule has 0 spiro atoms. The number of ether oxygens (including phenoxy) is 1. The highest BCUT2D eigenvalue weighted by Crippen LogP contribution is 2.18. The highest BCUT2D eigenvalue weighted by molar-refractivity contribution is 5.76. The van der Waals surface area contributed by atoms with Crippen molar-refractivity contribution < 1.29 is 14.3 Å². The highest BCUT2D eigenvalue weighted by atomic mass is 16.5. The molecule has 1 heterocycles. The van der Waals surface area contributed by atoms with Gasteiger partial charge in [-0.25, -0.2) is 0 Å². The Balaban J connectivity index is 2.39. The smallest absolute Gasteiger partial charge is 0.323 e. The summed E-state index contributed by atoms with van der Waals surface area (Å²) in [7, 11) is 1.64. The zero-order valence-electron chi connectivity index (χ0n) is 11.4. The molecule has 0 saturated carbocycles. The molecule has 0 aromatic rings. The van der Waals surface area contributed by atoms with Crippen LogP contribution in [0.5, 0.6) is 0 Å². The molecule has 0 aromatic carbocycles. The molecule has 1 fully saturated rings. The van der Waals surface area contributed by atoms with Gasteiger partial charge >= 0.3 is 5.97 Å². The van der Waals surface area contributed by atoms with Gasteiger partial charge in [0.1, 0.15) is 6.04 Å². The Labute approximate surface area is 109 Å². The third-order valence-corrected chi connectivity index (χ3v) is 3.30. The molecule has 0 aliphatic carbocycles. The van der Waals surface area contributed by atoms with Crippen LogP contribution < -0.4 is 5.32 Å². The first-order valence-electron chi connectivity index (χ1n) is 6.80. The normalized spacial score (nSPS) is 20.4. The van der Waals surface area contributed by atoms with Crippen LogP contribution in [-0.4, -0.2) is 49.6 Å². The summed E-state index contributed by atoms with van der Waals surface area (Å²) in [6.07, 6.45) is 4.38. The van der Waals surface area contributed by atoms with Gasteiger partial charge in [0.05, 0.1) is 6.61 Å². The van der Waals surface area contributed by atoms with Gasteiger partial charge in [-0.3, -0.25) is 14.5 Å². The lowest BCUT2D eigenvalue weighted by molar-refractivity contribution is -0.150. The van der Waals surface area contributed by atoms with E-state index >= 15 is 0 Å². The van der Waals surface area contributed by atoms with Gasteiger partial charge < -0.3 is 10.1 Å². The molecule has 5 heteroatoms. The van der Waals surface area contributed by atoms with Crippen LogP contribution in [0.3, 0.4) is 0 Å². The summed E-state index contributed by atoms with van der Waals surface area (Å²) in [5.41, 5.74) is 0. The summed E-state index contributed by atoms with van der Waals surface area (Å²) in [6, 6.07) is -0.108. The van der Waals surface area contributed by atoms with E-state index in [1.165, 1.54) is 0 Å². The summed E-state index contributed by atoms with van der Waals surface area (Å²) < 4.78 is 5.10. The molecule has 1 rings (SSSR count). The Kier molecular flexibility index (Phi) is 6.72. The zero-order valence-corrected chi connectivity index (χ0v) is 11.4. The lowest BCUT2D eigenvalue weighted by Gasteiger charge is -2.33. The second-order valence-corrected chi connectivity index (χ2v) is 4.58. The molecule has 1 saturated heterocycles. The van der Waals surface area contributed by atoms with Crippen molar-refractivity contribution in [3.8, 4) is 0 Å². The predicted molar refractivity (Wildman–Crippen MR) is 69.1 cm³/mol. The molecule has 1 aliphatic rings. The van der Waals surface area contributed by atoms with Gasteiger partial charge in [-0.2, -0.15) is 0 Å². The summed E-state index contributed by atoms with van der Waals surface area (Å²) >= 11 is 0. The minimum Gasteiger partial charge on any atom is -0.465 e. The molecular weight excluding hydrogens is 232 g/mol. The zero-order chi connectivity index (χ0) is 13.4. The quantitative estimate of drug-likeness (QED) is 0.718. The number of hydrogen-bond acceptors (Lipinski definition) is 4. The molecule has 0 aromatic heterocycles. The fourth-order valence-electron chi connectivity index (χ4n) is 2.33. The molecule has 5 nitrogen and oxygen atoms in total. The second kappa shape index (κ2) is 8.08. The van der Waals surface area contributed by atoms with Crippen LogP contribution in [0.4, 0.5) is 0 Å². The second-order valence-electron chi connectivity index (χ2n) is 4.58. The Morgan fingerprint density at radius 1 is 1.39 bits per heavy atom. The fraction of sp³-hybridized carbons (Fsp3) is 0.846. The molecule has 1 N–H and O–H groups in total. The molecule has 0 bridgehead atoms. The van der Waals surface area contributed by atoms with Crippen molar-refractivity contribution in [2.45, 2.75) is 45.1 Å². The first-order chi connectivity index (χ1) is 8.69. The summed E-state index contributed by atoms with van der Waals surface area (Å²) in [4.78, 5) is 25.1. The molecule has 1 unspecified atom stereocenters. The molecule has 1 amide bonds. The SMILES string of the molecule is CCOC(=O)C1CCCCN1CCCC(=O)NC. The van der Waals surface area contributed by atoms with Crippen molar-refractivity contribution in [2.24, 2.45) is 0 Å². The van der Waals surface area contributed by atoms with Gasteiger partial charge in [-0.15, -0.1) is 0 Å². The van der Waals surface area contributed by atoms with Crippen LogP contribution in [0.2, 0.25) is 0 Å². The van der Waals surface area contributed by atoms with E-state index in [-0.39, 0.29) is 17.9 Å². The number of amides is 1. The minimum absolute atomic E-state index is 0.0553. The van der Waals surface area contributed by atoms with E-state index in [4.69, 9.17) is 4.74 Å². The Bertz CT molecular complexity index is 281. The van der Waals surface area contributed by atoms with Gasteiger partial charge in [0.25, 0.3) is 0 Å². The van der Waals surface area contributed by atoms with E-state index in [0.29, 0.717) is 13.0 Å². The van der Waals surface area contributed by atoms with Crippen LogP contribution in [-0.2, 0) is 14.3 Å². The molecule has 1 atom stereocenters. The highest BCUT2D eigenvalue weighted by Gasteiger charge is 2.29. The third-order valence-electron chi connectivity index (χ3n) is 3.30. The summed E-state index contributed by atoms with van der Waals surface area (Å²) in [6.45, 7) is 3.98. The number of carbonyl (C=O) groups is 2. The maximum atomic E-state index is 11.8. The minimum atomic E-state index is -0.114. The molecule has 104 valence electrons. The van der Waals surface area contributed by atoms with E-state index < -0.39 is 0 Å². The van der Waals surface area contributed by atoms with Gasteiger partial charge in [-0.05, 0) is 39.3 Å². The number of nitrogens with zero attached hydrogens (tertiary/aromatic N) is 1. The average molecular weight is 256 g/mol. The van der Waals surface area contributed by atoms with Crippen molar-refractivity contribution in [3.05, 3.63) is 0 Å². The predicted octanol–water partition coefficient (Wildman–Crippen LogP) is 0.930. The summed E-state index contributed by atoms with van der Waals surface area (Å²) in [5, 5.41) is 2.61. The van der Waals surface area contributed by atoms with Crippen LogP contribution in [0, 0.1) is 0 Å². The molecule has 1 aliphatic heterocycles. The van der Waals surface area contributed by atoms with Gasteiger partial charge in [0.2, 0.25) is 5.91 Å². The molecular formula is C13H24N2O3. The number of rotatable bonds is 6. The number of hydrogen-bond donors (Lipinski definition) is 1. The number of carbonyl (C=O) groups excluding carboxylic acids is 2. The van der Waals surface area contributed by atoms with E-state index in [0.717, 1.165) is 38.8 Å². The van der Waals surface area contributed by atoms with Crippen molar-refractivity contribution >= 4 is 11.9 Å². The van der Waals surface area contributed by atoms with E-state index in [1.807, 2.05) is 6.92 Å². The largest absolute Gasteiger partial charge is 0.465 e. The molecule has 18 heavy (non-hydrogen) atoms. The van der Waals surface area contributed by atoms with E-state index in [2.05, 4.69) is 10.2 Å². The number of likely N-dealkylation sites (tertiary alicyclic amines) is 1. The number of piperidine rings is 1. The van der Waals surface area contributed by atoms with E-state index in [9.17, 15) is 9.59 Å². The third kappa shape index (κ3) is 4.64. The summed E-state index contributed by atoms with van der Waals surface area (Å²) in [5.74, 6) is -0.0585. The topological polar surface area (TPSA) is 58.6 Å². The maximum Gasteiger partial charge on any atom is 0.323 e. The lowest BCUT2D eigenvalue weighted by atomic mass is 10.0.